The Hall–Kier alpha value is -3.05. The molecule has 0 saturated carbocycles. The molecule has 1 fully saturated rings. The number of oxazole rings is 1. The zero-order chi connectivity index (χ0) is 20.7. The van der Waals surface area contributed by atoms with E-state index in [1.807, 2.05) is 12.4 Å². The van der Waals surface area contributed by atoms with Gasteiger partial charge in [0.15, 0.2) is 5.76 Å². The number of hydrogen-bond acceptors (Lipinski definition) is 4. The van der Waals surface area contributed by atoms with E-state index in [2.05, 4.69) is 83.4 Å². The van der Waals surface area contributed by atoms with E-state index in [0.717, 1.165) is 53.8 Å². The molecule has 154 valence electrons. The summed E-state index contributed by atoms with van der Waals surface area (Å²) in [6.45, 7) is 9.69. The Morgan fingerprint density at radius 2 is 1.93 bits per heavy atom. The van der Waals surface area contributed by atoms with Crippen molar-refractivity contribution < 1.29 is 4.42 Å². The number of hydrogen-bond donors (Lipinski definition) is 2. The largest absolute Gasteiger partial charge is 0.436 e. The number of nitrogens with one attached hydrogen (secondary N) is 2. The zero-order valence-electron chi connectivity index (χ0n) is 17.8. The van der Waals surface area contributed by atoms with Crippen LogP contribution in [0.3, 0.4) is 0 Å². The van der Waals surface area contributed by atoms with Gasteiger partial charge in [0.2, 0.25) is 5.89 Å². The number of rotatable bonds is 4. The molecule has 0 atom stereocenters. The molecule has 1 aliphatic rings. The van der Waals surface area contributed by atoms with Crippen LogP contribution in [0.1, 0.15) is 26.3 Å². The monoisotopic (exact) mass is 400 g/mol. The van der Waals surface area contributed by atoms with Gasteiger partial charge >= 0.3 is 0 Å². The summed E-state index contributed by atoms with van der Waals surface area (Å²) in [6, 6.07) is 15.0. The predicted molar refractivity (Wildman–Crippen MR) is 123 cm³/mol. The number of piperazine rings is 1. The Labute approximate surface area is 177 Å². The van der Waals surface area contributed by atoms with Gasteiger partial charge in [0.05, 0.1) is 6.20 Å². The normalized spacial score (nSPS) is 16.3. The van der Waals surface area contributed by atoms with Gasteiger partial charge in [-0.3, -0.25) is 0 Å². The van der Waals surface area contributed by atoms with E-state index in [4.69, 9.17) is 4.42 Å². The van der Waals surface area contributed by atoms with Gasteiger partial charge in [0.25, 0.3) is 0 Å². The molecule has 5 rings (SSSR count). The summed E-state index contributed by atoms with van der Waals surface area (Å²) < 4.78 is 6.25. The topological polar surface area (TPSA) is 57.1 Å². The summed E-state index contributed by atoms with van der Waals surface area (Å²) in [4.78, 5) is 10.4. The molecule has 0 spiro atoms. The van der Waals surface area contributed by atoms with Crippen LogP contribution in [0.25, 0.3) is 33.7 Å². The van der Waals surface area contributed by atoms with E-state index in [1.165, 1.54) is 11.3 Å². The Morgan fingerprint density at radius 1 is 1.10 bits per heavy atom. The standard InChI is InChI=1S/C25H28N4O/c1-4-17-7-10-21-20(11-12-26-21)23(17)24-27-15-22(30-24)18-5-8-19(9-6-18)29-14-13-28-25(2,3)16-29/h5-12,15,26,28H,4,13-14,16H2,1-3H3. The molecule has 30 heavy (non-hydrogen) atoms. The number of aromatic amines is 1. The first-order valence-electron chi connectivity index (χ1n) is 10.7. The van der Waals surface area contributed by atoms with E-state index in [9.17, 15) is 0 Å². The number of anilines is 1. The third-order valence-electron chi connectivity index (χ3n) is 6.01. The molecule has 4 aromatic rings. The first kappa shape index (κ1) is 18.9. The number of H-pyrrole nitrogens is 1. The zero-order valence-corrected chi connectivity index (χ0v) is 17.8. The Bertz CT molecular complexity index is 1170. The summed E-state index contributed by atoms with van der Waals surface area (Å²) in [7, 11) is 0. The smallest absolute Gasteiger partial charge is 0.227 e. The lowest BCUT2D eigenvalue weighted by atomic mass is 10.0. The van der Waals surface area contributed by atoms with Crippen molar-refractivity contribution >= 4 is 16.6 Å². The maximum Gasteiger partial charge on any atom is 0.227 e. The van der Waals surface area contributed by atoms with Crippen LogP contribution in [-0.2, 0) is 6.42 Å². The molecule has 2 aromatic carbocycles. The number of aryl methyl sites for hydroxylation is 1. The predicted octanol–water partition coefficient (Wildman–Crippen LogP) is 5.24. The molecule has 2 N–H and O–H groups in total. The van der Waals surface area contributed by atoms with E-state index < -0.39 is 0 Å². The van der Waals surface area contributed by atoms with Gasteiger partial charge in [0.1, 0.15) is 0 Å². The highest BCUT2D eigenvalue weighted by atomic mass is 16.4. The van der Waals surface area contributed by atoms with Crippen molar-refractivity contribution in [2.45, 2.75) is 32.7 Å². The molecule has 0 aliphatic carbocycles. The lowest BCUT2D eigenvalue weighted by Gasteiger charge is -2.40. The van der Waals surface area contributed by atoms with Crippen molar-refractivity contribution in [3.8, 4) is 22.8 Å². The highest BCUT2D eigenvalue weighted by Gasteiger charge is 2.25. The fourth-order valence-electron chi connectivity index (χ4n) is 4.45. The third kappa shape index (κ3) is 3.39. The van der Waals surface area contributed by atoms with Crippen LogP contribution in [-0.4, -0.2) is 35.1 Å². The highest BCUT2D eigenvalue weighted by molar-refractivity contribution is 5.95. The second-order valence-corrected chi connectivity index (χ2v) is 8.70. The van der Waals surface area contributed by atoms with Crippen LogP contribution < -0.4 is 10.2 Å². The van der Waals surface area contributed by atoms with Gasteiger partial charge in [-0.15, -0.1) is 0 Å². The van der Waals surface area contributed by atoms with Crippen molar-refractivity contribution in [1.29, 1.82) is 0 Å². The fraction of sp³-hybridized carbons (Fsp3) is 0.320. The van der Waals surface area contributed by atoms with E-state index in [0.29, 0.717) is 5.89 Å². The molecular weight excluding hydrogens is 372 g/mol. The van der Waals surface area contributed by atoms with Gasteiger partial charge in [-0.1, -0.05) is 13.0 Å². The van der Waals surface area contributed by atoms with Crippen LogP contribution in [0.5, 0.6) is 0 Å². The highest BCUT2D eigenvalue weighted by Crippen LogP contribution is 2.34. The SMILES string of the molecule is CCc1ccc2[nH]ccc2c1-c1ncc(-c2ccc(N3CCNC(C)(C)C3)cc2)o1. The minimum Gasteiger partial charge on any atom is -0.436 e. The molecule has 0 bridgehead atoms. The molecule has 2 aromatic heterocycles. The van der Waals surface area contributed by atoms with Crippen molar-refractivity contribution in [1.82, 2.24) is 15.3 Å². The van der Waals surface area contributed by atoms with E-state index in [1.54, 1.807) is 0 Å². The van der Waals surface area contributed by atoms with Crippen LogP contribution in [0, 0.1) is 0 Å². The van der Waals surface area contributed by atoms with Gasteiger partial charge in [-0.25, -0.2) is 4.98 Å². The molecular formula is C25H28N4O. The maximum atomic E-state index is 6.25. The van der Waals surface area contributed by atoms with Crippen LogP contribution in [0.4, 0.5) is 5.69 Å². The minimum absolute atomic E-state index is 0.132. The summed E-state index contributed by atoms with van der Waals surface area (Å²) in [5.74, 6) is 1.48. The van der Waals surface area contributed by atoms with Crippen LogP contribution >= 0.6 is 0 Å². The minimum atomic E-state index is 0.132. The second kappa shape index (κ2) is 7.33. The molecule has 1 aliphatic heterocycles. The Balaban J connectivity index is 1.45. The molecule has 0 amide bonds. The molecule has 0 unspecified atom stereocenters. The fourth-order valence-corrected chi connectivity index (χ4v) is 4.45. The van der Waals surface area contributed by atoms with Crippen molar-refractivity contribution in [2.75, 3.05) is 24.5 Å². The van der Waals surface area contributed by atoms with Crippen LogP contribution in [0.15, 0.2) is 59.3 Å². The summed E-state index contributed by atoms with van der Waals surface area (Å²) in [6.07, 6.45) is 4.74. The first-order valence-corrected chi connectivity index (χ1v) is 10.7. The van der Waals surface area contributed by atoms with Crippen molar-refractivity contribution in [3.05, 3.63) is 60.4 Å². The second-order valence-electron chi connectivity index (χ2n) is 8.70. The number of benzene rings is 2. The average molecular weight is 401 g/mol. The molecule has 1 saturated heterocycles. The summed E-state index contributed by atoms with van der Waals surface area (Å²) in [5, 5.41) is 4.72. The van der Waals surface area contributed by atoms with E-state index >= 15 is 0 Å². The third-order valence-corrected chi connectivity index (χ3v) is 6.01. The molecule has 5 heteroatoms. The van der Waals surface area contributed by atoms with Crippen molar-refractivity contribution in [2.24, 2.45) is 0 Å². The number of aromatic nitrogens is 2. The van der Waals surface area contributed by atoms with Crippen LogP contribution in [0.2, 0.25) is 0 Å². The Kier molecular flexibility index (Phi) is 4.63. The number of nitrogens with zero attached hydrogens (tertiary/aromatic N) is 2. The molecule has 0 radical (unpaired) electrons. The van der Waals surface area contributed by atoms with Gasteiger partial charge in [-0.05, 0) is 62.2 Å². The lowest BCUT2D eigenvalue weighted by Crippen LogP contribution is -2.57. The van der Waals surface area contributed by atoms with Crippen molar-refractivity contribution in [3.63, 3.8) is 0 Å². The summed E-state index contributed by atoms with van der Waals surface area (Å²) >= 11 is 0. The summed E-state index contributed by atoms with van der Waals surface area (Å²) in [5.41, 5.74) is 5.86. The molecule has 3 heterocycles. The van der Waals surface area contributed by atoms with E-state index in [-0.39, 0.29) is 5.54 Å². The quantitative estimate of drug-likeness (QED) is 0.492. The Morgan fingerprint density at radius 3 is 2.70 bits per heavy atom. The average Bonchev–Trinajstić information content (AvgIpc) is 3.42. The van der Waals surface area contributed by atoms with Gasteiger partial charge in [-0.2, -0.15) is 0 Å². The van der Waals surface area contributed by atoms with Gasteiger partial charge < -0.3 is 19.6 Å². The number of fused-ring (bicyclic) bond motifs is 1. The molecule has 5 nitrogen and oxygen atoms in total. The maximum absolute atomic E-state index is 6.25. The first-order chi connectivity index (χ1) is 14.5. The van der Waals surface area contributed by atoms with Gasteiger partial charge in [0, 0.05) is 59.1 Å². The lowest BCUT2D eigenvalue weighted by molar-refractivity contribution is 0.353.